The van der Waals surface area contributed by atoms with Crippen molar-refractivity contribution in [1.29, 1.82) is 0 Å². The molecule has 0 aliphatic heterocycles. The summed E-state index contributed by atoms with van der Waals surface area (Å²) >= 11 is 3.21. The van der Waals surface area contributed by atoms with Gasteiger partial charge in [0.2, 0.25) is 5.91 Å². The van der Waals surface area contributed by atoms with Gasteiger partial charge in [0.05, 0.1) is 12.1 Å². The minimum Gasteiger partial charge on any atom is -0.347 e. The van der Waals surface area contributed by atoms with Gasteiger partial charge in [-0.2, -0.15) is 0 Å². The lowest BCUT2D eigenvalue weighted by molar-refractivity contribution is -0.116. The van der Waals surface area contributed by atoms with Crippen molar-refractivity contribution in [2.45, 2.75) is 52.5 Å². The molecule has 0 atom stereocenters. The van der Waals surface area contributed by atoms with Crippen molar-refractivity contribution in [1.82, 2.24) is 5.32 Å². The maximum atomic E-state index is 12.8. The first-order valence-corrected chi connectivity index (χ1v) is 10.5. The van der Waals surface area contributed by atoms with Crippen molar-refractivity contribution < 1.29 is 9.59 Å². The third-order valence-electron chi connectivity index (χ3n) is 4.25. The normalized spacial score (nSPS) is 13.6. The van der Waals surface area contributed by atoms with Gasteiger partial charge in [0.15, 0.2) is 0 Å². The Morgan fingerprint density at radius 1 is 1.24 bits per heavy atom. The number of hydrogen-bond acceptors (Lipinski definition) is 4. The number of amides is 2. The molecule has 0 saturated heterocycles. The van der Waals surface area contributed by atoms with Gasteiger partial charge in [0.25, 0.3) is 5.91 Å². The summed E-state index contributed by atoms with van der Waals surface area (Å²) in [6, 6.07) is 4.00. The number of thiophene rings is 2. The second kappa shape index (κ2) is 8.15. The van der Waals surface area contributed by atoms with Crippen LogP contribution >= 0.6 is 22.7 Å². The zero-order valence-electron chi connectivity index (χ0n) is 14.7. The van der Waals surface area contributed by atoms with Gasteiger partial charge in [0.1, 0.15) is 5.00 Å². The van der Waals surface area contributed by atoms with Crippen molar-refractivity contribution in [3.05, 3.63) is 38.4 Å². The number of aryl methyl sites for hydroxylation is 1. The molecule has 0 radical (unpaired) electrons. The Hall–Kier alpha value is -1.66. The highest BCUT2D eigenvalue weighted by atomic mass is 32.1. The maximum Gasteiger partial charge on any atom is 0.254 e. The number of nitrogens with one attached hydrogen (secondary N) is 2. The Morgan fingerprint density at radius 2 is 2.04 bits per heavy atom. The second-order valence-corrected chi connectivity index (χ2v) is 8.96. The zero-order valence-corrected chi connectivity index (χ0v) is 16.3. The minimum atomic E-state index is -0.0763. The lowest BCUT2D eigenvalue weighted by Gasteiger charge is -2.13. The van der Waals surface area contributed by atoms with Crippen LogP contribution in [-0.2, 0) is 24.2 Å². The molecule has 0 saturated carbocycles. The van der Waals surface area contributed by atoms with E-state index in [1.165, 1.54) is 4.88 Å². The number of rotatable bonds is 6. The summed E-state index contributed by atoms with van der Waals surface area (Å²) < 4.78 is 0. The van der Waals surface area contributed by atoms with Crippen molar-refractivity contribution in [3.63, 3.8) is 0 Å². The monoisotopic (exact) mass is 376 g/mol. The van der Waals surface area contributed by atoms with E-state index in [1.54, 1.807) is 22.7 Å². The van der Waals surface area contributed by atoms with Gasteiger partial charge in [-0.1, -0.05) is 19.9 Å². The molecule has 0 aromatic carbocycles. The minimum absolute atomic E-state index is 0.0131. The Kier molecular flexibility index (Phi) is 5.91. The molecule has 134 valence electrons. The zero-order chi connectivity index (χ0) is 17.8. The molecule has 25 heavy (non-hydrogen) atoms. The fourth-order valence-corrected chi connectivity index (χ4v) is 5.06. The van der Waals surface area contributed by atoms with Gasteiger partial charge in [-0.15, -0.1) is 22.7 Å². The predicted molar refractivity (Wildman–Crippen MR) is 105 cm³/mol. The Labute approximate surface area is 156 Å². The van der Waals surface area contributed by atoms with Crippen LogP contribution in [0.3, 0.4) is 0 Å². The average Bonchev–Trinajstić information content (AvgIpc) is 3.18. The maximum absolute atomic E-state index is 12.8. The van der Waals surface area contributed by atoms with Gasteiger partial charge < -0.3 is 10.6 Å². The molecular formula is C19H24N2O2S2. The van der Waals surface area contributed by atoms with Crippen molar-refractivity contribution in [3.8, 4) is 0 Å². The van der Waals surface area contributed by atoms with Crippen molar-refractivity contribution in [2.24, 2.45) is 5.92 Å². The molecule has 2 N–H and O–H groups in total. The fraction of sp³-hybridized carbons (Fsp3) is 0.474. The van der Waals surface area contributed by atoms with Crippen LogP contribution < -0.4 is 10.6 Å². The van der Waals surface area contributed by atoms with Crippen LogP contribution in [0.2, 0.25) is 0 Å². The Balaban J connectivity index is 1.80. The number of carbonyl (C=O) groups is 2. The van der Waals surface area contributed by atoms with E-state index in [-0.39, 0.29) is 11.8 Å². The quantitative estimate of drug-likeness (QED) is 0.774. The van der Waals surface area contributed by atoms with Crippen LogP contribution in [0, 0.1) is 5.92 Å². The topological polar surface area (TPSA) is 58.2 Å². The number of anilines is 1. The van der Waals surface area contributed by atoms with Crippen LogP contribution in [0.25, 0.3) is 0 Å². The van der Waals surface area contributed by atoms with E-state index >= 15 is 0 Å². The van der Waals surface area contributed by atoms with E-state index in [1.807, 2.05) is 31.4 Å². The molecular weight excluding hydrogens is 352 g/mol. The first-order chi connectivity index (χ1) is 12.0. The highest BCUT2D eigenvalue weighted by Crippen LogP contribution is 2.38. The molecule has 0 fully saturated rings. The molecule has 3 rings (SSSR count). The van der Waals surface area contributed by atoms with Gasteiger partial charge in [-0.05, 0) is 48.6 Å². The van der Waals surface area contributed by atoms with Gasteiger partial charge in [0, 0.05) is 16.2 Å². The summed E-state index contributed by atoms with van der Waals surface area (Å²) in [5, 5.41) is 8.74. The predicted octanol–water partition coefficient (Wildman–Crippen LogP) is 4.60. The molecule has 6 heteroatoms. The molecule has 2 aromatic rings. The van der Waals surface area contributed by atoms with Crippen LogP contribution in [0.4, 0.5) is 5.00 Å². The lowest BCUT2D eigenvalue weighted by Crippen LogP contribution is -2.25. The molecule has 1 aliphatic carbocycles. The van der Waals surface area contributed by atoms with E-state index in [0.717, 1.165) is 41.1 Å². The van der Waals surface area contributed by atoms with E-state index in [4.69, 9.17) is 0 Å². The molecule has 2 amide bonds. The summed E-state index contributed by atoms with van der Waals surface area (Å²) in [7, 11) is 0. The SMILES string of the molecule is CC(C)CC(=O)Nc1sc2c(c1C(=O)NCc1cccs1)CCCC2. The van der Waals surface area contributed by atoms with Crippen LogP contribution in [0.5, 0.6) is 0 Å². The van der Waals surface area contributed by atoms with Gasteiger partial charge >= 0.3 is 0 Å². The fourth-order valence-electron chi connectivity index (χ4n) is 3.11. The highest BCUT2D eigenvalue weighted by molar-refractivity contribution is 7.17. The summed E-state index contributed by atoms with van der Waals surface area (Å²) in [5.74, 6) is 0.208. The van der Waals surface area contributed by atoms with E-state index < -0.39 is 0 Å². The largest absolute Gasteiger partial charge is 0.347 e. The number of carbonyl (C=O) groups excluding carboxylic acids is 2. The van der Waals surface area contributed by atoms with Crippen LogP contribution in [0.15, 0.2) is 17.5 Å². The third kappa shape index (κ3) is 4.50. The molecule has 0 bridgehead atoms. The van der Waals surface area contributed by atoms with E-state index in [2.05, 4.69) is 10.6 Å². The lowest BCUT2D eigenvalue weighted by atomic mass is 9.95. The smallest absolute Gasteiger partial charge is 0.254 e. The first-order valence-electron chi connectivity index (χ1n) is 8.79. The molecule has 1 aliphatic rings. The number of hydrogen-bond donors (Lipinski definition) is 2. The molecule has 4 nitrogen and oxygen atoms in total. The summed E-state index contributed by atoms with van der Waals surface area (Å²) in [5.41, 5.74) is 1.83. The first kappa shape index (κ1) is 18.1. The summed E-state index contributed by atoms with van der Waals surface area (Å²) in [4.78, 5) is 27.5. The van der Waals surface area contributed by atoms with Crippen LogP contribution in [0.1, 0.15) is 58.8 Å². The molecule has 0 unspecified atom stereocenters. The van der Waals surface area contributed by atoms with E-state index in [0.29, 0.717) is 24.4 Å². The van der Waals surface area contributed by atoms with Crippen molar-refractivity contribution >= 4 is 39.5 Å². The molecule has 0 spiro atoms. The molecule has 2 heterocycles. The van der Waals surface area contributed by atoms with Gasteiger partial charge in [-0.3, -0.25) is 9.59 Å². The molecule has 2 aromatic heterocycles. The van der Waals surface area contributed by atoms with Crippen LogP contribution in [-0.4, -0.2) is 11.8 Å². The second-order valence-electron chi connectivity index (χ2n) is 6.82. The highest BCUT2D eigenvalue weighted by Gasteiger charge is 2.26. The average molecular weight is 377 g/mol. The standard InChI is InChI=1S/C19H24N2O2S2/c1-12(2)10-16(22)21-19-17(14-7-3-4-8-15(14)25-19)18(23)20-11-13-6-5-9-24-13/h5-6,9,12H,3-4,7-8,10-11H2,1-2H3,(H,20,23)(H,21,22). The number of fused-ring (bicyclic) bond motifs is 1. The Morgan fingerprint density at radius 3 is 2.76 bits per heavy atom. The summed E-state index contributed by atoms with van der Waals surface area (Å²) in [6.07, 6.45) is 4.66. The van der Waals surface area contributed by atoms with Gasteiger partial charge in [-0.25, -0.2) is 0 Å². The van der Waals surface area contributed by atoms with E-state index in [9.17, 15) is 9.59 Å². The third-order valence-corrected chi connectivity index (χ3v) is 6.33. The summed E-state index contributed by atoms with van der Waals surface area (Å²) in [6.45, 7) is 4.57. The van der Waals surface area contributed by atoms with Crippen molar-refractivity contribution in [2.75, 3.05) is 5.32 Å². The Bertz CT molecular complexity index is 748.